The van der Waals surface area contributed by atoms with Crippen LogP contribution in [-0.4, -0.2) is 23.8 Å². The van der Waals surface area contributed by atoms with Crippen LogP contribution in [0.25, 0.3) is 5.70 Å². The Morgan fingerprint density at radius 3 is 2.18 bits per heavy atom. The number of benzene rings is 2. The lowest BCUT2D eigenvalue weighted by Crippen LogP contribution is -2.28. The normalized spacial score (nSPS) is 14.1. The number of hydrogen-bond donors (Lipinski definition) is 0. The van der Waals surface area contributed by atoms with Gasteiger partial charge in [-0.3, -0.25) is 4.79 Å². The van der Waals surface area contributed by atoms with Gasteiger partial charge in [0, 0.05) is 24.4 Å². The van der Waals surface area contributed by atoms with Gasteiger partial charge in [0.1, 0.15) is 5.82 Å². The number of piperidine rings is 1. The van der Waals surface area contributed by atoms with Gasteiger partial charge in [-0.25, -0.2) is 4.39 Å². The molecule has 3 heteroatoms. The maximum absolute atomic E-state index is 12.9. The van der Waals surface area contributed by atoms with E-state index in [4.69, 9.17) is 0 Å². The summed E-state index contributed by atoms with van der Waals surface area (Å²) < 4.78 is 12.9. The summed E-state index contributed by atoms with van der Waals surface area (Å²) in [4.78, 5) is 13.3. The molecule has 0 saturated carbocycles. The van der Waals surface area contributed by atoms with Gasteiger partial charge in [0.05, 0.1) is 5.56 Å². The fourth-order valence-corrected chi connectivity index (χ4v) is 3.55. The molecule has 28 heavy (non-hydrogen) atoms. The molecule has 0 spiro atoms. The van der Waals surface area contributed by atoms with Crippen LogP contribution >= 0.6 is 0 Å². The molecule has 1 fully saturated rings. The summed E-state index contributed by atoms with van der Waals surface area (Å²) in [7, 11) is 0. The number of allylic oxidation sites excluding steroid dienone is 2. The van der Waals surface area contributed by atoms with Crippen molar-refractivity contribution in [2.75, 3.05) is 13.1 Å². The number of hydrogen-bond acceptors (Lipinski definition) is 2. The molecule has 0 amide bonds. The first-order valence-corrected chi connectivity index (χ1v) is 9.85. The Hall–Kier alpha value is -2.68. The number of halogens is 1. The molecule has 2 aromatic carbocycles. The van der Waals surface area contributed by atoms with Crippen molar-refractivity contribution in [3.8, 4) is 0 Å². The van der Waals surface area contributed by atoms with Crippen LogP contribution in [0.3, 0.4) is 0 Å². The number of ketones is 1. The molecule has 0 atom stereocenters. The Balaban J connectivity index is 0.000000221. The van der Waals surface area contributed by atoms with Crippen LogP contribution in [0, 0.1) is 19.7 Å². The Morgan fingerprint density at radius 1 is 1.00 bits per heavy atom. The second-order valence-corrected chi connectivity index (χ2v) is 7.14. The van der Waals surface area contributed by atoms with Gasteiger partial charge in [-0.2, -0.15) is 0 Å². The van der Waals surface area contributed by atoms with E-state index in [2.05, 4.69) is 48.7 Å². The highest BCUT2D eigenvalue weighted by Crippen LogP contribution is 2.25. The Bertz CT molecular complexity index is 827. The number of likely N-dealkylation sites (tertiary alicyclic amines) is 1. The fraction of sp³-hybridized carbons (Fsp3) is 0.320. The van der Waals surface area contributed by atoms with Gasteiger partial charge in [-0.1, -0.05) is 49.1 Å². The molecule has 1 aliphatic rings. The zero-order chi connectivity index (χ0) is 20.5. The lowest BCUT2D eigenvalue weighted by molar-refractivity contribution is 0.101. The van der Waals surface area contributed by atoms with Crippen molar-refractivity contribution >= 4 is 11.5 Å². The number of nitrogens with zero attached hydrogens (tertiary/aromatic N) is 1. The molecule has 0 N–H and O–H groups in total. The van der Waals surface area contributed by atoms with Crippen molar-refractivity contribution in [1.82, 2.24) is 4.90 Å². The van der Waals surface area contributed by atoms with E-state index in [1.165, 1.54) is 62.2 Å². The van der Waals surface area contributed by atoms with Crippen molar-refractivity contribution in [1.29, 1.82) is 0 Å². The molecular weight excluding hydrogens is 349 g/mol. The highest BCUT2D eigenvalue weighted by Gasteiger charge is 2.15. The van der Waals surface area contributed by atoms with Gasteiger partial charge < -0.3 is 4.90 Å². The van der Waals surface area contributed by atoms with E-state index >= 15 is 0 Å². The summed E-state index contributed by atoms with van der Waals surface area (Å²) in [5, 5.41) is 0. The average Bonchev–Trinajstić information content (AvgIpc) is 2.68. The van der Waals surface area contributed by atoms with E-state index < -0.39 is 5.82 Å². The van der Waals surface area contributed by atoms with Crippen molar-refractivity contribution in [2.24, 2.45) is 0 Å². The van der Waals surface area contributed by atoms with Crippen LogP contribution in [-0.2, 0) is 0 Å². The first kappa shape index (κ1) is 21.6. The van der Waals surface area contributed by atoms with Gasteiger partial charge in [-0.05, 0) is 63.3 Å². The van der Waals surface area contributed by atoms with Gasteiger partial charge in [0.15, 0.2) is 5.78 Å². The van der Waals surface area contributed by atoms with Crippen LogP contribution in [0.15, 0.2) is 61.2 Å². The van der Waals surface area contributed by atoms with Crippen molar-refractivity contribution in [3.63, 3.8) is 0 Å². The summed E-state index contributed by atoms with van der Waals surface area (Å²) in [6, 6.07) is 13.2. The molecule has 3 rings (SSSR count). The fourth-order valence-electron chi connectivity index (χ4n) is 3.55. The summed E-state index contributed by atoms with van der Waals surface area (Å²) in [6.45, 7) is 11.5. The molecule has 0 bridgehead atoms. The molecule has 148 valence electrons. The summed E-state index contributed by atoms with van der Waals surface area (Å²) in [6.07, 6.45) is 8.02. The molecule has 1 aliphatic heterocycles. The lowest BCUT2D eigenvalue weighted by atomic mass is 10.0. The molecule has 0 aliphatic carbocycles. The molecule has 0 radical (unpaired) electrons. The van der Waals surface area contributed by atoms with Crippen molar-refractivity contribution in [3.05, 3.63) is 89.3 Å². The van der Waals surface area contributed by atoms with E-state index in [-0.39, 0.29) is 11.3 Å². The summed E-state index contributed by atoms with van der Waals surface area (Å²) in [5.74, 6) is -0.655. The third-order valence-electron chi connectivity index (χ3n) is 4.97. The van der Waals surface area contributed by atoms with Crippen molar-refractivity contribution in [2.45, 2.75) is 40.0 Å². The monoisotopic (exact) mass is 379 g/mol. The molecule has 2 nitrogen and oxygen atoms in total. The Morgan fingerprint density at radius 2 is 1.64 bits per heavy atom. The van der Waals surface area contributed by atoms with Crippen LogP contribution in [0.4, 0.5) is 4.39 Å². The van der Waals surface area contributed by atoms with Crippen LogP contribution < -0.4 is 0 Å². The third-order valence-corrected chi connectivity index (χ3v) is 4.97. The molecule has 0 unspecified atom stereocenters. The Kier molecular flexibility index (Phi) is 8.19. The zero-order valence-corrected chi connectivity index (χ0v) is 17.2. The number of rotatable bonds is 4. The second kappa shape index (κ2) is 10.6. The molecule has 0 aromatic heterocycles. The van der Waals surface area contributed by atoms with Crippen LogP contribution in [0.5, 0.6) is 0 Å². The molecule has 2 aromatic rings. The molecular formula is C25H30FNO. The quantitative estimate of drug-likeness (QED) is 0.456. The maximum atomic E-state index is 12.9. The summed E-state index contributed by atoms with van der Waals surface area (Å²) in [5.41, 5.74) is 4.91. The minimum absolute atomic E-state index is 0.201. The van der Waals surface area contributed by atoms with Crippen molar-refractivity contribution < 1.29 is 9.18 Å². The topological polar surface area (TPSA) is 20.3 Å². The minimum Gasteiger partial charge on any atom is -0.371 e. The van der Waals surface area contributed by atoms with E-state index in [0.29, 0.717) is 5.56 Å². The van der Waals surface area contributed by atoms with Gasteiger partial charge in [0.25, 0.3) is 0 Å². The maximum Gasteiger partial charge on any atom is 0.163 e. The molecule has 1 heterocycles. The third kappa shape index (κ3) is 5.66. The van der Waals surface area contributed by atoms with E-state index in [1.54, 1.807) is 19.1 Å². The average molecular weight is 380 g/mol. The number of aryl methyl sites for hydroxylation is 2. The smallest absolute Gasteiger partial charge is 0.163 e. The van der Waals surface area contributed by atoms with Gasteiger partial charge >= 0.3 is 0 Å². The highest BCUT2D eigenvalue weighted by molar-refractivity contribution is 5.95. The molecule has 1 saturated heterocycles. The second-order valence-electron chi connectivity index (χ2n) is 7.14. The van der Waals surface area contributed by atoms with Gasteiger partial charge in [-0.15, -0.1) is 0 Å². The predicted molar refractivity (Wildman–Crippen MR) is 116 cm³/mol. The zero-order valence-electron chi connectivity index (χ0n) is 17.2. The number of Topliss-reactive ketones (excluding diaryl/α,β-unsaturated/α-hetero) is 1. The SMILES string of the molecule is C=C/C=C(\c1ccccc1C)N1CCCCC1.CC(=O)c1c(C)cccc1F. The number of carbonyl (C=O) groups excluding carboxylic acids is 1. The summed E-state index contributed by atoms with van der Waals surface area (Å²) >= 11 is 0. The first-order chi connectivity index (χ1) is 13.5. The van der Waals surface area contributed by atoms with Crippen LogP contribution in [0.1, 0.15) is 53.2 Å². The largest absolute Gasteiger partial charge is 0.371 e. The Labute approximate surface area is 168 Å². The van der Waals surface area contributed by atoms with E-state index in [9.17, 15) is 9.18 Å². The standard InChI is InChI=1S/C16H21N.C9H9FO/c1-3-9-16(17-12-7-4-8-13-17)15-11-6-5-10-14(15)2;1-6-4-3-5-8(10)9(6)7(2)11/h3,5-6,9-11H,1,4,7-8,12-13H2,2H3;3-5H,1-2H3/b16-9+;. The van der Waals surface area contributed by atoms with Crippen LogP contribution in [0.2, 0.25) is 0 Å². The minimum atomic E-state index is -0.433. The number of carbonyl (C=O) groups is 1. The van der Waals surface area contributed by atoms with Gasteiger partial charge in [0.2, 0.25) is 0 Å². The first-order valence-electron chi connectivity index (χ1n) is 9.85. The van der Waals surface area contributed by atoms with E-state index in [0.717, 1.165) is 0 Å². The predicted octanol–water partition coefficient (Wildman–Crippen LogP) is 6.34. The lowest BCUT2D eigenvalue weighted by Gasteiger charge is -2.31. The highest BCUT2D eigenvalue weighted by atomic mass is 19.1. The van der Waals surface area contributed by atoms with E-state index in [1.807, 2.05) is 6.08 Å².